The van der Waals surface area contributed by atoms with E-state index < -0.39 is 11.1 Å². The van der Waals surface area contributed by atoms with Gasteiger partial charge in [-0.05, 0) is 33.1 Å². The van der Waals surface area contributed by atoms with Crippen molar-refractivity contribution >= 4 is 60.0 Å². The Kier molecular flexibility index (Phi) is 4.80. The summed E-state index contributed by atoms with van der Waals surface area (Å²) in [5, 5.41) is 0.697. The predicted molar refractivity (Wildman–Crippen MR) is 59.5 cm³/mol. The molecule has 0 bridgehead atoms. The first kappa shape index (κ1) is 13.7. The van der Waals surface area contributed by atoms with Gasteiger partial charge in [0, 0.05) is 16.3 Å². The Morgan fingerprint density at radius 3 is 2.87 bits per heavy atom. The summed E-state index contributed by atoms with van der Waals surface area (Å²) in [4.78, 5) is 4.03. The third-order valence-electron chi connectivity index (χ3n) is 1.64. The van der Waals surface area contributed by atoms with E-state index in [1.54, 1.807) is 12.3 Å². The smallest absolute Gasteiger partial charge is 0.768 e. The van der Waals surface area contributed by atoms with E-state index >= 15 is 0 Å². The first-order chi connectivity index (χ1) is 6.61. The number of pyridine rings is 1. The van der Waals surface area contributed by atoms with Crippen molar-refractivity contribution in [2.75, 3.05) is 0 Å². The summed E-state index contributed by atoms with van der Waals surface area (Å²) in [5.41, 5.74) is 0. The number of hydrogen-bond acceptors (Lipinski definition) is 4. The summed E-state index contributed by atoms with van der Waals surface area (Å²) in [5.74, 6) is 0. The summed E-state index contributed by atoms with van der Waals surface area (Å²) < 4.78 is 23.2. The quantitative estimate of drug-likeness (QED) is 0.421. The minimum absolute atomic E-state index is 0. The molecular weight excluding hydrogens is 317 g/mol. The topological polar surface area (TPSA) is 53.0 Å². The number of aromatic nitrogens is 1. The van der Waals surface area contributed by atoms with Gasteiger partial charge >= 0.3 is 18.9 Å². The van der Waals surface area contributed by atoms with Crippen molar-refractivity contribution in [2.45, 2.75) is 4.90 Å². The second-order valence-corrected chi connectivity index (χ2v) is 6.02. The molecule has 2 rings (SSSR count). The molecular formula is C7H2BrClLiNO2S2. The molecule has 8 heteroatoms. The molecule has 1 atom stereocenters. The van der Waals surface area contributed by atoms with Gasteiger partial charge < -0.3 is 4.55 Å². The maximum absolute atomic E-state index is 10.9. The van der Waals surface area contributed by atoms with E-state index in [0.29, 0.717) is 9.17 Å². The number of halogens is 2. The van der Waals surface area contributed by atoms with Gasteiger partial charge in [0.25, 0.3) is 0 Å². The maximum atomic E-state index is 10.9. The first-order valence-corrected chi connectivity index (χ1v) is 6.49. The van der Waals surface area contributed by atoms with Crippen LogP contribution in [0, 0.1) is 0 Å². The van der Waals surface area contributed by atoms with Crippen molar-refractivity contribution < 1.29 is 27.6 Å². The number of rotatable bonds is 1. The van der Waals surface area contributed by atoms with Gasteiger partial charge in [-0.2, -0.15) is 0 Å². The van der Waals surface area contributed by atoms with E-state index in [-0.39, 0.29) is 28.9 Å². The van der Waals surface area contributed by atoms with E-state index in [2.05, 4.69) is 20.9 Å². The van der Waals surface area contributed by atoms with Crippen LogP contribution in [0.15, 0.2) is 20.9 Å². The minimum atomic E-state index is -2.31. The fraction of sp³-hybridized carbons (Fsp3) is 0. The molecule has 2 heterocycles. The zero-order valence-corrected chi connectivity index (χ0v) is 11.5. The van der Waals surface area contributed by atoms with Gasteiger partial charge in [0.15, 0.2) is 0 Å². The zero-order chi connectivity index (χ0) is 10.3. The molecule has 0 fully saturated rings. The zero-order valence-electron chi connectivity index (χ0n) is 7.49. The maximum Gasteiger partial charge on any atom is 1.00 e. The molecule has 0 aliphatic heterocycles. The third kappa shape index (κ3) is 2.47. The van der Waals surface area contributed by atoms with Gasteiger partial charge in [-0.15, -0.1) is 11.3 Å². The van der Waals surface area contributed by atoms with Crippen LogP contribution >= 0.6 is 38.9 Å². The van der Waals surface area contributed by atoms with Gasteiger partial charge in [0.2, 0.25) is 0 Å². The number of hydrogen-bond donors (Lipinski definition) is 0. The largest absolute Gasteiger partial charge is 1.00 e. The standard InChI is InChI=1S/C7H3BrClNO2S2.Li/c8-6-5(14(11)12)4-3(13-6)1-2-10-7(4)9;/h1-2H,(H,11,12);/q;+1/p-1. The normalized spacial score (nSPS) is 12.5. The molecule has 0 saturated carbocycles. The summed E-state index contributed by atoms with van der Waals surface area (Å²) >= 11 is 8.02. The Balaban J connectivity index is 0.00000112. The van der Waals surface area contributed by atoms with Crippen molar-refractivity contribution in [3.63, 3.8) is 0 Å². The molecule has 0 saturated heterocycles. The minimum Gasteiger partial charge on any atom is -0.768 e. The van der Waals surface area contributed by atoms with E-state index in [9.17, 15) is 8.76 Å². The molecule has 0 radical (unpaired) electrons. The number of fused-ring (bicyclic) bond motifs is 1. The number of nitrogens with zero attached hydrogens (tertiary/aromatic N) is 1. The summed E-state index contributed by atoms with van der Waals surface area (Å²) in [7, 11) is 0. The van der Waals surface area contributed by atoms with Crippen LogP contribution in [0.25, 0.3) is 10.1 Å². The van der Waals surface area contributed by atoms with Crippen molar-refractivity contribution in [1.29, 1.82) is 0 Å². The molecule has 0 spiro atoms. The van der Waals surface area contributed by atoms with Crippen molar-refractivity contribution in [2.24, 2.45) is 0 Å². The van der Waals surface area contributed by atoms with Crippen LogP contribution in [0.3, 0.4) is 0 Å². The molecule has 74 valence electrons. The fourth-order valence-corrected chi connectivity index (χ4v) is 4.30. The van der Waals surface area contributed by atoms with E-state index in [1.807, 2.05) is 0 Å². The van der Waals surface area contributed by atoms with Crippen LogP contribution in [0.1, 0.15) is 0 Å². The van der Waals surface area contributed by atoms with Crippen LogP contribution in [-0.2, 0) is 11.1 Å². The van der Waals surface area contributed by atoms with E-state index in [0.717, 1.165) is 4.70 Å². The van der Waals surface area contributed by atoms with Crippen LogP contribution in [0.2, 0.25) is 5.15 Å². The first-order valence-electron chi connectivity index (χ1n) is 3.43. The van der Waals surface area contributed by atoms with Gasteiger partial charge in [-0.1, -0.05) is 11.6 Å². The fourth-order valence-electron chi connectivity index (χ4n) is 1.10. The average molecular weight is 319 g/mol. The van der Waals surface area contributed by atoms with Gasteiger partial charge in [-0.3, -0.25) is 4.21 Å². The molecule has 0 aliphatic rings. The Morgan fingerprint density at radius 1 is 1.60 bits per heavy atom. The molecule has 0 N–H and O–H groups in total. The molecule has 0 amide bonds. The Hall–Kier alpha value is 0.587. The molecule has 15 heavy (non-hydrogen) atoms. The summed E-state index contributed by atoms with van der Waals surface area (Å²) in [6.45, 7) is 0. The third-order valence-corrected chi connectivity index (χ3v) is 4.88. The molecule has 2 aromatic rings. The molecule has 0 aromatic carbocycles. The van der Waals surface area contributed by atoms with Gasteiger partial charge in [-0.25, -0.2) is 4.98 Å². The van der Waals surface area contributed by atoms with Gasteiger partial charge in [0.1, 0.15) is 5.15 Å². The second kappa shape index (κ2) is 5.28. The summed E-state index contributed by atoms with van der Waals surface area (Å²) in [6, 6.07) is 1.73. The Labute approximate surface area is 118 Å². The summed E-state index contributed by atoms with van der Waals surface area (Å²) in [6.07, 6.45) is 1.55. The molecule has 3 nitrogen and oxygen atoms in total. The predicted octanol–water partition coefficient (Wildman–Crippen LogP) is -0.0458. The van der Waals surface area contributed by atoms with Crippen LogP contribution in [0.5, 0.6) is 0 Å². The van der Waals surface area contributed by atoms with Gasteiger partial charge in [0.05, 0.1) is 8.68 Å². The molecule has 2 aromatic heterocycles. The number of thiophene rings is 1. The average Bonchev–Trinajstić information content (AvgIpc) is 2.42. The van der Waals surface area contributed by atoms with Crippen LogP contribution in [0.4, 0.5) is 0 Å². The van der Waals surface area contributed by atoms with E-state index in [4.69, 9.17) is 11.6 Å². The van der Waals surface area contributed by atoms with Crippen molar-refractivity contribution in [3.8, 4) is 0 Å². The monoisotopic (exact) mass is 317 g/mol. The van der Waals surface area contributed by atoms with Crippen molar-refractivity contribution in [1.82, 2.24) is 4.98 Å². The molecule has 0 aliphatic carbocycles. The van der Waals surface area contributed by atoms with E-state index in [1.165, 1.54) is 11.3 Å². The second-order valence-electron chi connectivity index (χ2n) is 2.41. The van der Waals surface area contributed by atoms with Crippen molar-refractivity contribution in [3.05, 3.63) is 21.2 Å². The van der Waals surface area contributed by atoms with Crippen LogP contribution in [-0.4, -0.2) is 13.7 Å². The Bertz CT molecular complexity index is 533. The Morgan fingerprint density at radius 2 is 2.27 bits per heavy atom. The molecule has 1 unspecified atom stereocenters. The SMILES string of the molecule is O=S([O-])c1c(Br)sc2ccnc(Cl)c12.[Li+]. The van der Waals surface area contributed by atoms with Crippen LogP contribution < -0.4 is 18.9 Å².